The fourth-order valence-corrected chi connectivity index (χ4v) is 1.91. The Morgan fingerprint density at radius 2 is 2.13 bits per heavy atom. The number of hydrogen-bond donors (Lipinski definition) is 1. The number of likely N-dealkylation sites (N-methyl/N-ethyl adjacent to an activating group) is 1. The van der Waals surface area contributed by atoms with E-state index >= 15 is 0 Å². The molecule has 1 aromatic carbocycles. The molecule has 15 heavy (non-hydrogen) atoms. The first kappa shape index (κ1) is 10.2. The van der Waals surface area contributed by atoms with Crippen LogP contribution < -0.4 is 10.2 Å². The van der Waals surface area contributed by atoms with E-state index in [0.717, 1.165) is 25.1 Å². The van der Waals surface area contributed by atoms with Gasteiger partial charge in [-0.15, -0.1) is 0 Å². The van der Waals surface area contributed by atoms with Crippen LogP contribution in [0, 0.1) is 0 Å². The molecule has 1 aliphatic rings. The molecule has 0 bridgehead atoms. The van der Waals surface area contributed by atoms with E-state index in [2.05, 4.69) is 5.32 Å². The molecule has 1 amide bonds. The van der Waals surface area contributed by atoms with Gasteiger partial charge in [0, 0.05) is 12.7 Å². The number of carbonyl (C=O) groups is 1. The highest BCUT2D eigenvalue weighted by atomic mass is 16.2. The Labute approximate surface area is 90.1 Å². The van der Waals surface area contributed by atoms with Crippen molar-refractivity contribution in [1.82, 2.24) is 5.32 Å². The van der Waals surface area contributed by atoms with Crippen LogP contribution in [0.5, 0.6) is 0 Å². The quantitative estimate of drug-likeness (QED) is 0.789. The fourth-order valence-electron chi connectivity index (χ4n) is 1.91. The molecule has 1 atom stereocenters. The normalized spacial score (nSPS) is 20.2. The van der Waals surface area contributed by atoms with Crippen LogP contribution in [0.2, 0.25) is 0 Å². The molecule has 0 aromatic heterocycles. The Morgan fingerprint density at radius 3 is 2.73 bits per heavy atom. The van der Waals surface area contributed by atoms with Crippen LogP contribution in [0.1, 0.15) is 12.8 Å². The first-order valence-electron chi connectivity index (χ1n) is 5.35. The number of anilines is 1. The van der Waals surface area contributed by atoms with Crippen molar-refractivity contribution >= 4 is 11.6 Å². The van der Waals surface area contributed by atoms with Crippen LogP contribution in [0.25, 0.3) is 0 Å². The molecular weight excluding hydrogens is 188 g/mol. The van der Waals surface area contributed by atoms with Crippen molar-refractivity contribution < 1.29 is 4.79 Å². The maximum absolute atomic E-state index is 12.0. The predicted molar refractivity (Wildman–Crippen MR) is 60.9 cm³/mol. The lowest BCUT2D eigenvalue weighted by Gasteiger charge is -2.21. The Balaban J connectivity index is 2.07. The lowest BCUT2D eigenvalue weighted by atomic mass is 10.2. The van der Waals surface area contributed by atoms with Crippen molar-refractivity contribution in [3.8, 4) is 0 Å². The third-order valence-electron chi connectivity index (χ3n) is 2.83. The van der Waals surface area contributed by atoms with Gasteiger partial charge in [-0.25, -0.2) is 0 Å². The molecule has 0 radical (unpaired) electrons. The van der Waals surface area contributed by atoms with Gasteiger partial charge < -0.3 is 10.2 Å². The summed E-state index contributed by atoms with van der Waals surface area (Å²) < 4.78 is 0. The van der Waals surface area contributed by atoms with E-state index in [1.807, 2.05) is 37.4 Å². The molecule has 1 unspecified atom stereocenters. The summed E-state index contributed by atoms with van der Waals surface area (Å²) in [6.45, 7) is 0.957. The van der Waals surface area contributed by atoms with Crippen LogP contribution in [-0.4, -0.2) is 25.5 Å². The van der Waals surface area contributed by atoms with E-state index in [1.54, 1.807) is 4.90 Å². The minimum Gasteiger partial charge on any atom is -0.314 e. The van der Waals surface area contributed by atoms with Crippen molar-refractivity contribution in [2.24, 2.45) is 0 Å². The number of carbonyl (C=O) groups excluding carboxylic acids is 1. The zero-order chi connectivity index (χ0) is 10.7. The largest absolute Gasteiger partial charge is 0.314 e. The van der Waals surface area contributed by atoms with E-state index < -0.39 is 0 Å². The molecule has 0 saturated carbocycles. The number of hydrogen-bond acceptors (Lipinski definition) is 2. The van der Waals surface area contributed by atoms with Crippen molar-refractivity contribution in [3.63, 3.8) is 0 Å². The number of rotatable bonds is 2. The third-order valence-corrected chi connectivity index (χ3v) is 2.83. The van der Waals surface area contributed by atoms with E-state index in [9.17, 15) is 4.79 Å². The van der Waals surface area contributed by atoms with Crippen molar-refractivity contribution in [3.05, 3.63) is 30.3 Å². The van der Waals surface area contributed by atoms with Crippen LogP contribution in [0.4, 0.5) is 5.69 Å². The SMILES string of the molecule is CN(C(=O)C1CCCN1)c1ccccc1. The van der Waals surface area contributed by atoms with Crippen molar-refractivity contribution in [2.75, 3.05) is 18.5 Å². The average molecular weight is 204 g/mol. The van der Waals surface area contributed by atoms with E-state index in [1.165, 1.54) is 0 Å². The second-order valence-electron chi connectivity index (χ2n) is 3.88. The summed E-state index contributed by atoms with van der Waals surface area (Å²) in [5.41, 5.74) is 0.955. The average Bonchev–Trinajstić information content (AvgIpc) is 2.82. The highest BCUT2D eigenvalue weighted by molar-refractivity contribution is 5.96. The number of amides is 1. The summed E-state index contributed by atoms with van der Waals surface area (Å²) >= 11 is 0. The van der Waals surface area contributed by atoms with Gasteiger partial charge in [0.15, 0.2) is 0 Å². The van der Waals surface area contributed by atoms with Crippen molar-refractivity contribution in [1.29, 1.82) is 0 Å². The third kappa shape index (κ3) is 2.18. The second-order valence-corrected chi connectivity index (χ2v) is 3.88. The zero-order valence-corrected chi connectivity index (χ0v) is 8.94. The molecule has 0 aliphatic carbocycles. The molecule has 1 aliphatic heterocycles. The first-order chi connectivity index (χ1) is 7.29. The summed E-state index contributed by atoms with van der Waals surface area (Å²) in [5, 5.41) is 3.22. The minimum absolute atomic E-state index is 0.00945. The number of nitrogens with one attached hydrogen (secondary N) is 1. The maximum atomic E-state index is 12.0. The molecule has 3 nitrogen and oxygen atoms in total. The summed E-state index contributed by atoms with van der Waals surface area (Å²) in [5.74, 6) is 0.165. The van der Waals surface area contributed by atoms with Crippen LogP contribution >= 0.6 is 0 Å². The Hall–Kier alpha value is -1.35. The maximum Gasteiger partial charge on any atom is 0.243 e. The molecule has 80 valence electrons. The monoisotopic (exact) mass is 204 g/mol. The lowest BCUT2D eigenvalue weighted by molar-refractivity contribution is -0.119. The fraction of sp³-hybridized carbons (Fsp3) is 0.417. The number of para-hydroxylation sites is 1. The Bertz CT molecular complexity index is 331. The van der Waals surface area contributed by atoms with Crippen LogP contribution in [0.15, 0.2) is 30.3 Å². The van der Waals surface area contributed by atoms with Gasteiger partial charge >= 0.3 is 0 Å². The molecule has 2 rings (SSSR count). The minimum atomic E-state index is 0.00945. The molecule has 3 heteroatoms. The molecule has 0 spiro atoms. The van der Waals surface area contributed by atoms with E-state index in [0.29, 0.717) is 0 Å². The summed E-state index contributed by atoms with van der Waals surface area (Å²) in [6.07, 6.45) is 2.05. The van der Waals surface area contributed by atoms with E-state index in [4.69, 9.17) is 0 Å². The smallest absolute Gasteiger partial charge is 0.243 e. The van der Waals surface area contributed by atoms with Gasteiger partial charge in [0.2, 0.25) is 5.91 Å². The number of nitrogens with zero attached hydrogens (tertiary/aromatic N) is 1. The predicted octanol–water partition coefficient (Wildman–Crippen LogP) is 1.40. The van der Waals surface area contributed by atoms with Gasteiger partial charge in [0.05, 0.1) is 6.04 Å². The van der Waals surface area contributed by atoms with Gasteiger partial charge in [-0.1, -0.05) is 18.2 Å². The summed E-state index contributed by atoms with van der Waals surface area (Å²) in [6, 6.07) is 9.76. The van der Waals surface area contributed by atoms with Crippen molar-refractivity contribution in [2.45, 2.75) is 18.9 Å². The second kappa shape index (κ2) is 4.45. The molecule has 1 fully saturated rings. The first-order valence-corrected chi connectivity index (χ1v) is 5.35. The van der Waals surface area contributed by atoms with Crippen LogP contribution in [-0.2, 0) is 4.79 Å². The number of benzene rings is 1. The van der Waals surface area contributed by atoms with Gasteiger partial charge in [-0.3, -0.25) is 4.79 Å². The molecule has 1 saturated heterocycles. The van der Waals surface area contributed by atoms with Crippen LogP contribution in [0.3, 0.4) is 0 Å². The Kier molecular flexibility index (Phi) is 3.02. The zero-order valence-electron chi connectivity index (χ0n) is 8.94. The highest BCUT2D eigenvalue weighted by Crippen LogP contribution is 2.15. The van der Waals surface area contributed by atoms with Gasteiger partial charge in [0.1, 0.15) is 0 Å². The van der Waals surface area contributed by atoms with E-state index in [-0.39, 0.29) is 11.9 Å². The van der Waals surface area contributed by atoms with Gasteiger partial charge in [-0.2, -0.15) is 0 Å². The molecule has 1 heterocycles. The Morgan fingerprint density at radius 1 is 1.40 bits per heavy atom. The highest BCUT2D eigenvalue weighted by Gasteiger charge is 2.25. The lowest BCUT2D eigenvalue weighted by Crippen LogP contribution is -2.41. The van der Waals surface area contributed by atoms with Gasteiger partial charge in [-0.05, 0) is 31.5 Å². The standard InChI is InChI=1S/C12H16N2O/c1-14(10-6-3-2-4-7-10)12(15)11-8-5-9-13-11/h2-4,6-7,11,13H,5,8-9H2,1H3. The topological polar surface area (TPSA) is 32.3 Å². The molecule has 1 N–H and O–H groups in total. The van der Waals surface area contributed by atoms with Gasteiger partial charge in [0.25, 0.3) is 0 Å². The summed E-state index contributed by atoms with van der Waals surface area (Å²) in [7, 11) is 1.83. The summed E-state index contributed by atoms with van der Waals surface area (Å²) in [4.78, 5) is 13.7. The molecular formula is C12H16N2O. The molecule has 1 aromatic rings.